The second kappa shape index (κ2) is 4.80. The molecule has 0 spiro atoms. The van der Waals surface area contributed by atoms with Crippen molar-refractivity contribution in [2.24, 2.45) is 0 Å². The van der Waals surface area contributed by atoms with Crippen LogP contribution in [0.2, 0.25) is 0 Å². The highest BCUT2D eigenvalue weighted by molar-refractivity contribution is 5.98. The minimum absolute atomic E-state index is 0.0676. The van der Waals surface area contributed by atoms with Crippen molar-refractivity contribution in [2.75, 3.05) is 13.8 Å². The lowest BCUT2D eigenvalue weighted by molar-refractivity contribution is -0.114. The largest absolute Gasteiger partial charge is 0.454 e. The van der Waals surface area contributed by atoms with Crippen LogP contribution in [0.15, 0.2) is 29.5 Å². The smallest absolute Gasteiger partial charge is 0.322 e. The maximum absolute atomic E-state index is 12.0. The SMILES string of the molecule is CC(=O)C1=C(C)N(C)C(=O)N[C@@H]1c1ccc2c(c1)OCO2. The Kier molecular flexibility index (Phi) is 3.08. The summed E-state index contributed by atoms with van der Waals surface area (Å²) in [5, 5.41) is 2.85. The summed E-state index contributed by atoms with van der Waals surface area (Å²) in [5.74, 6) is 1.23. The molecule has 0 bridgehead atoms. The van der Waals surface area contributed by atoms with Gasteiger partial charge in [-0.25, -0.2) is 4.79 Å². The quantitative estimate of drug-likeness (QED) is 0.903. The number of ether oxygens (including phenoxy) is 2. The summed E-state index contributed by atoms with van der Waals surface area (Å²) in [6, 6.07) is 4.71. The van der Waals surface area contributed by atoms with Gasteiger partial charge >= 0.3 is 6.03 Å². The monoisotopic (exact) mass is 288 g/mol. The molecule has 1 atom stereocenters. The Morgan fingerprint density at radius 3 is 2.76 bits per heavy atom. The van der Waals surface area contributed by atoms with E-state index in [-0.39, 0.29) is 18.6 Å². The van der Waals surface area contributed by atoms with Gasteiger partial charge in [-0.3, -0.25) is 4.79 Å². The van der Waals surface area contributed by atoms with Gasteiger partial charge in [0.25, 0.3) is 0 Å². The topological polar surface area (TPSA) is 67.9 Å². The summed E-state index contributed by atoms with van der Waals surface area (Å²) in [6.07, 6.45) is 0. The van der Waals surface area contributed by atoms with Crippen molar-refractivity contribution in [1.29, 1.82) is 0 Å². The molecule has 1 aromatic rings. The van der Waals surface area contributed by atoms with Crippen LogP contribution in [0.5, 0.6) is 11.5 Å². The molecule has 0 aliphatic carbocycles. The number of allylic oxidation sites excluding steroid dienone is 1. The number of benzene rings is 1. The molecule has 2 aliphatic heterocycles. The standard InChI is InChI=1S/C15H16N2O4/c1-8-13(9(2)18)14(16-15(19)17(8)3)10-4-5-11-12(6-10)21-7-20-11/h4-6,14H,7H2,1-3H3,(H,16,19)/t14-/m1/s1. The molecule has 0 radical (unpaired) electrons. The Morgan fingerprint density at radius 1 is 1.33 bits per heavy atom. The molecule has 6 heteroatoms. The second-order valence-corrected chi connectivity index (χ2v) is 5.11. The van der Waals surface area contributed by atoms with E-state index in [1.807, 2.05) is 6.07 Å². The van der Waals surface area contributed by atoms with Crippen LogP contribution >= 0.6 is 0 Å². The predicted octanol–water partition coefficient (Wildman–Crippen LogP) is 1.97. The number of fused-ring (bicyclic) bond motifs is 1. The molecule has 0 aromatic heterocycles. The number of nitrogens with one attached hydrogen (secondary N) is 1. The summed E-state index contributed by atoms with van der Waals surface area (Å²) < 4.78 is 10.6. The predicted molar refractivity (Wildman–Crippen MR) is 75.0 cm³/mol. The molecule has 2 amide bonds. The number of nitrogens with zero attached hydrogens (tertiary/aromatic N) is 1. The number of hydrogen-bond donors (Lipinski definition) is 1. The third-order valence-corrected chi connectivity index (χ3v) is 3.86. The number of amides is 2. The Morgan fingerprint density at radius 2 is 2.05 bits per heavy atom. The average Bonchev–Trinajstić information content (AvgIpc) is 2.91. The second-order valence-electron chi connectivity index (χ2n) is 5.11. The molecular formula is C15H16N2O4. The summed E-state index contributed by atoms with van der Waals surface area (Å²) >= 11 is 0. The summed E-state index contributed by atoms with van der Waals surface area (Å²) in [4.78, 5) is 25.4. The van der Waals surface area contributed by atoms with Crippen LogP contribution in [0.1, 0.15) is 25.5 Å². The molecule has 0 saturated heterocycles. The van der Waals surface area contributed by atoms with Crippen LogP contribution in [-0.4, -0.2) is 30.6 Å². The molecule has 0 unspecified atom stereocenters. The zero-order valence-corrected chi connectivity index (χ0v) is 12.1. The molecule has 1 aromatic carbocycles. The number of rotatable bonds is 2. The van der Waals surface area contributed by atoms with Gasteiger partial charge in [0.1, 0.15) is 0 Å². The first-order chi connectivity index (χ1) is 9.99. The molecule has 0 fully saturated rings. The minimum atomic E-state index is -0.472. The van der Waals surface area contributed by atoms with Gasteiger partial charge in [-0.1, -0.05) is 6.07 Å². The molecular weight excluding hydrogens is 272 g/mol. The Bertz CT molecular complexity index is 666. The normalized spacial score (nSPS) is 20.6. The first-order valence-electron chi connectivity index (χ1n) is 6.64. The van der Waals surface area contributed by atoms with Crippen LogP contribution in [0, 0.1) is 0 Å². The summed E-state index contributed by atoms with van der Waals surface area (Å²) in [7, 11) is 1.64. The maximum atomic E-state index is 12.0. The Hall–Kier alpha value is -2.50. The lowest BCUT2D eigenvalue weighted by atomic mass is 9.92. The van der Waals surface area contributed by atoms with Crippen molar-refractivity contribution in [2.45, 2.75) is 19.9 Å². The molecule has 6 nitrogen and oxygen atoms in total. The van der Waals surface area contributed by atoms with Crippen molar-refractivity contribution >= 4 is 11.8 Å². The highest BCUT2D eigenvalue weighted by Crippen LogP contribution is 2.37. The number of carbonyl (C=O) groups is 2. The van der Waals surface area contributed by atoms with Crippen LogP contribution in [0.4, 0.5) is 4.79 Å². The van der Waals surface area contributed by atoms with Crippen molar-refractivity contribution in [3.8, 4) is 11.5 Å². The lowest BCUT2D eigenvalue weighted by Crippen LogP contribution is -2.45. The number of Topliss-reactive ketones (excluding diaryl/α,β-unsaturated/α-hetero) is 1. The Labute approximate surface area is 122 Å². The van der Waals surface area contributed by atoms with Gasteiger partial charge in [-0.15, -0.1) is 0 Å². The minimum Gasteiger partial charge on any atom is -0.454 e. The van der Waals surface area contributed by atoms with Crippen LogP contribution in [0.3, 0.4) is 0 Å². The van der Waals surface area contributed by atoms with Gasteiger partial charge in [-0.05, 0) is 31.5 Å². The van der Waals surface area contributed by atoms with E-state index < -0.39 is 6.04 Å². The van der Waals surface area contributed by atoms with Crippen LogP contribution in [-0.2, 0) is 4.79 Å². The lowest BCUT2D eigenvalue weighted by Gasteiger charge is -2.33. The molecule has 21 heavy (non-hydrogen) atoms. The van der Waals surface area contributed by atoms with Crippen molar-refractivity contribution < 1.29 is 19.1 Å². The molecule has 3 rings (SSSR count). The van der Waals surface area contributed by atoms with E-state index in [0.29, 0.717) is 22.8 Å². The van der Waals surface area contributed by atoms with Crippen molar-refractivity contribution in [3.63, 3.8) is 0 Å². The molecule has 0 saturated carbocycles. The van der Waals surface area contributed by atoms with Crippen molar-refractivity contribution in [3.05, 3.63) is 35.0 Å². The van der Waals surface area contributed by atoms with E-state index in [1.54, 1.807) is 26.1 Å². The van der Waals surface area contributed by atoms with E-state index in [9.17, 15) is 9.59 Å². The highest BCUT2D eigenvalue weighted by Gasteiger charge is 2.33. The van der Waals surface area contributed by atoms with E-state index in [4.69, 9.17) is 9.47 Å². The van der Waals surface area contributed by atoms with E-state index in [0.717, 1.165) is 5.56 Å². The van der Waals surface area contributed by atoms with Gasteiger partial charge in [0.05, 0.1) is 6.04 Å². The fraction of sp³-hybridized carbons (Fsp3) is 0.333. The number of urea groups is 1. The summed E-state index contributed by atoms with van der Waals surface area (Å²) in [6.45, 7) is 3.46. The van der Waals surface area contributed by atoms with E-state index >= 15 is 0 Å². The number of hydrogen-bond acceptors (Lipinski definition) is 4. The third kappa shape index (κ3) is 2.12. The first-order valence-corrected chi connectivity index (χ1v) is 6.64. The highest BCUT2D eigenvalue weighted by atomic mass is 16.7. The van der Waals surface area contributed by atoms with Crippen LogP contribution in [0.25, 0.3) is 0 Å². The maximum Gasteiger partial charge on any atom is 0.322 e. The molecule has 2 aliphatic rings. The van der Waals surface area contributed by atoms with Gasteiger partial charge in [0.15, 0.2) is 17.3 Å². The number of carbonyl (C=O) groups excluding carboxylic acids is 2. The number of ketones is 1. The zero-order chi connectivity index (χ0) is 15.1. The molecule has 110 valence electrons. The van der Waals surface area contributed by atoms with Crippen molar-refractivity contribution in [1.82, 2.24) is 10.2 Å². The summed E-state index contributed by atoms with van der Waals surface area (Å²) in [5.41, 5.74) is 2.04. The zero-order valence-electron chi connectivity index (χ0n) is 12.1. The Balaban J connectivity index is 2.07. The third-order valence-electron chi connectivity index (χ3n) is 3.86. The average molecular weight is 288 g/mol. The van der Waals surface area contributed by atoms with Gasteiger partial charge in [-0.2, -0.15) is 0 Å². The van der Waals surface area contributed by atoms with Crippen LogP contribution < -0.4 is 14.8 Å². The van der Waals surface area contributed by atoms with E-state index in [2.05, 4.69) is 5.32 Å². The first kappa shape index (κ1) is 13.5. The van der Waals surface area contributed by atoms with Gasteiger partial charge in [0.2, 0.25) is 6.79 Å². The fourth-order valence-corrected chi connectivity index (χ4v) is 2.64. The van der Waals surface area contributed by atoms with Gasteiger partial charge < -0.3 is 19.7 Å². The molecule has 1 N–H and O–H groups in total. The van der Waals surface area contributed by atoms with Gasteiger partial charge in [0, 0.05) is 18.3 Å². The fourth-order valence-electron chi connectivity index (χ4n) is 2.64. The van der Waals surface area contributed by atoms with E-state index in [1.165, 1.54) is 11.8 Å². The molecule has 2 heterocycles.